The van der Waals surface area contributed by atoms with E-state index in [2.05, 4.69) is 10.6 Å². The maximum absolute atomic E-state index is 11.2. The van der Waals surface area contributed by atoms with Crippen LogP contribution in [0.15, 0.2) is 0 Å². The van der Waals surface area contributed by atoms with Crippen molar-refractivity contribution < 1.29 is 9.53 Å². The van der Waals surface area contributed by atoms with Crippen molar-refractivity contribution in [2.45, 2.75) is 31.8 Å². The molecule has 2 atom stereocenters. The number of hydrogen-bond acceptors (Lipinski definition) is 4. The number of Topliss-reactive ketones (excluding diaryl/α,β-unsaturated/α-hetero) is 1. The standard InChI is InChI=1S/C10H20N2O2/c1-8(13)10-7-14-5-3-4-9(11-2)6-12-10/h9-12H,3-7H2,1-2H3. The summed E-state index contributed by atoms with van der Waals surface area (Å²) in [6.45, 7) is 3.70. The third-order valence-corrected chi connectivity index (χ3v) is 2.64. The number of likely N-dealkylation sites (N-methyl/N-ethyl adjacent to an activating group) is 1. The Balaban J connectivity index is 2.44. The van der Waals surface area contributed by atoms with E-state index in [1.54, 1.807) is 6.92 Å². The highest BCUT2D eigenvalue weighted by molar-refractivity contribution is 5.81. The molecule has 82 valence electrons. The van der Waals surface area contributed by atoms with Gasteiger partial charge in [-0.3, -0.25) is 4.79 Å². The van der Waals surface area contributed by atoms with Crippen molar-refractivity contribution in [2.24, 2.45) is 0 Å². The minimum absolute atomic E-state index is 0.135. The van der Waals surface area contributed by atoms with Crippen molar-refractivity contribution in [1.82, 2.24) is 10.6 Å². The minimum atomic E-state index is -0.135. The van der Waals surface area contributed by atoms with Crippen molar-refractivity contribution in [3.05, 3.63) is 0 Å². The average Bonchev–Trinajstić information content (AvgIpc) is 2.28. The molecule has 4 nitrogen and oxygen atoms in total. The van der Waals surface area contributed by atoms with Gasteiger partial charge in [-0.25, -0.2) is 0 Å². The second kappa shape index (κ2) is 6.11. The monoisotopic (exact) mass is 200 g/mol. The van der Waals surface area contributed by atoms with Crippen LogP contribution in [0.3, 0.4) is 0 Å². The van der Waals surface area contributed by atoms with Crippen molar-refractivity contribution in [3.8, 4) is 0 Å². The summed E-state index contributed by atoms with van der Waals surface area (Å²) in [5.41, 5.74) is 0. The van der Waals surface area contributed by atoms with E-state index >= 15 is 0 Å². The summed E-state index contributed by atoms with van der Waals surface area (Å²) >= 11 is 0. The van der Waals surface area contributed by atoms with Gasteiger partial charge in [0.15, 0.2) is 0 Å². The molecule has 0 aromatic carbocycles. The summed E-state index contributed by atoms with van der Waals surface area (Å²) in [5.74, 6) is 0.154. The van der Waals surface area contributed by atoms with Crippen molar-refractivity contribution >= 4 is 5.78 Å². The van der Waals surface area contributed by atoms with Gasteiger partial charge >= 0.3 is 0 Å². The Kier molecular flexibility index (Phi) is 5.07. The molecule has 1 rings (SSSR count). The first-order valence-electron chi connectivity index (χ1n) is 5.23. The first-order valence-corrected chi connectivity index (χ1v) is 5.23. The highest BCUT2D eigenvalue weighted by Crippen LogP contribution is 2.01. The fourth-order valence-corrected chi connectivity index (χ4v) is 1.59. The van der Waals surface area contributed by atoms with Crippen LogP contribution in [-0.2, 0) is 9.53 Å². The smallest absolute Gasteiger partial charge is 0.149 e. The van der Waals surface area contributed by atoms with Crippen LogP contribution in [0.5, 0.6) is 0 Å². The molecule has 1 fully saturated rings. The fourth-order valence-electron chi connectivity index (χ4n) is 1.59. The molecule has 4 heteroatoms. The van der Waals surface area contributed by atoms with E-state index in [9.17, 15) is 4.79 Å². The van der Waals surface area contributed by atoms with Crippen LogP contribution in [0.25, 0.3) is 0 Å². The molecule has 2 unspecified atom stereocenters. The normalized spacial score (nSPS) is 30.1. The third kappa shape index (κ3) is 3.74. The largest absolute Gasteiger partial charge is 0.379 e. The van der Waals surface area contributed by atoms with Crippen LogP contribution in [0.4, 0.5) is 0 Å². The average molecular weight is 200 g/mol. The van der Waals surface area contributed by atoms with Crippen LogP contribution in [0.1, 0.15) is 19.8 Å². The summed E-state index contributed by atoms with van der Waals surface area (Å²) in [6.07, 6.45) is 2.14. The molecule has 1 saturated heterocycles. The van der Waals surface area contributed by atoms with E-state index in [-0.39, 0.29) is 11.8 Å². The second-order valence-electron chi connectivity index (χ2n) is 3.77. The quantitative estimate of drug-likeness (QED) is 0.655. The SMILES string of the molecule is CNC1CCCOCC(C(C)=O)NC1. The van der Waals surface area contributed by atoms with Gasteiger partial charge in [0, 0.05) is 19.2 Å². The maximum atomic E-state index is 11.2. The molecular formula is C10H20N2O2. The summed E-state index contributed by atoms with van der Waals surface area (Å²) in [7, 11) is 1.95. The lowest BCUT2D eigenvalue weighted by atomic mass is 10.1. The molecule has 1 heterocycles. The van der Waals surface area contributed by atoms with Crippen molar-refractivity contribution in [1.29, 1.82) is 0 Å². The molecular weight excluding hydrogens is 180 g/mol. The summed E-state index contributed by atoms with van der Waals surface area (Å²) < 4.78 is 5.41. The summed E-state index contributed by atoms with van der Waals surface area (Å²) in [6, 6.07) is 0.308. The molecule has 0 bridgehead atoms. The van der Waals surface area contributed by atoms with E-state index in [1.165, 1.54) is 0 Å². The zero-order chi connectivity index (χ0) is 10.4. The van der Waals surface area contributed by atoms with Crippen molar-refractivity contribution in [3.63, 3.8) is 0 Å². The third-order valence-electron chi connectivity index (χ3n) is 2.64. The van der Waals surface area contributed by atoms with Crippen molar-refractivity contribution in [2.75, 3.05) is 26.8 Å². The fraction of sp³-hybridized carbons (Fsp3) is 0.900. The van der Waals surface area contributed by atoms with Gasteiger partial charge in [0.05, 0.1) is 12.6 Å². The Bertz CT molecular complexity index is 185. The van der Waals surface area contributed by atoms with Gasteiger partial charge < -0.3 is 15.4 Å². The van der Waals surface area contributed by atoms with Gasteiger partial charge in [0.2, 0.25) is 0 Å². The number of carbonyl (C=O) groups excluding carboxylic acids is 1. The Morgan fingerprint density at radius 3 is 3.00 bits per heavy atom. The summed E-state index contributed by atoms with van der Waals surface area (Å²) in [4.78, 5) is 11.2. The van der Waals surface area contributed by atoms with Gasteiger partial charge in [0.25, 0.3) is 0 Å². The topological polar surface area (TPSA) is 50.4 Å². The first-order chi connectivity index (χ1) is 6.74. The molecule has 0 spiro atoms. The molecule has 0 aromatic heterocycles. The molecule has 0 aliphatic carbocycles. The molecule has 14 heavy (non-hydrogen) atoms. The van der Waals surface area contributed by atoms with E-state index in [0.717, 1.165) is 26.0 Å². The molecule has 1 aliphatic heterocycles. The summed E-state index contributed by atoms with van der Waals surface area (Å²) in [5, 5.41) is 6.45. The number of ketones is 1. The zero-order valence-electron chi connectivity index (χ0n) is 9.01. The Morgan fingerprint density at radius 2 is 2.36 bits per heavy atom. The van der Waals surface area contributed by atoms with Crippen LogP contribution >= 0.6 is 0 Å². The van der Waals surface area contributed by atoms with E-state index in [4.69, 9.17) is 4.74 Å². The molecule has 2 N–H and O–H groups in total. The van der Waals surface area contributed by atoms with E-state index < -0.39 is 0 Å². The molecule has 0 amide bonds. The van der Waals surface area contributed by atoms with Gasteiger partial charge in [-0.1, -0.05) is 0 Å². The van der Waals surface area contributed by atoms with Crippen LogP contribution < -0.4 is 10.6 Å². The Morgan fingerprint density at radius 1 is 1.57 bits per heavy atom. The molecule has 0 aromatic rings. The van der Waals surface area contributed by atoms with Crippen LogP contribution in [0.2, 0.25) is 0 Å². The highest BCUT2D eigenvalue weighted by atomic mass is 16.5. The zero-order valence-corrected chi connectivity index (χ0v) is 9.01. The van der Waals surface area contributed by atoms with Gasteiger partial charge in [0.1, 0.15) is 5.78 Å². The number of ether oxygens (including phenoxy) is 1. The molecule has 0 saturated carbocycles. The predicted octanol–water partition coefficient (Wildman–Crippen LogP) is -0.0680. The number of carbonyl (C=O) groups is 1. The number of nitrogens with one attached hydrogen (secondary N) is 2. The Hall–Kier alpha value is -0.450. The second-order valence-corrected chi connectivity index (χ2v) is 3.77. The Labute approximate surface area is 85.4 Å². The van der Waals surface area contributed by atoms with Gasteiger partial charge in [-0.05, 0) is 26.8 Å². The maximum Gasteiger partial charge on any atom is 0.149 e. The predicted molar refractivity (Wildman–Crippen MR) is 55.4 cm³/mol. The lowest BCUT2D eigenvalue weighted by molar-refractivity contribution is -0.120. The van der Waals surface area contributed by atoms with E-state index in [0.29, 0.717) is 12.6 Å². The van der Waals surface area contributed by atoms with E-state index in [1.807, 2.05) is 7.05 Å². The first kappa shape index (κ1) is 11.6. The lowest BCUT2D eigenvalue weighted by Crippen LogP contribution is -2.45. The van der Waals surface area contributed by atoms with Crippen LogP contribution in [0, 0.1) is 0 Å². The van der Waals surface area contributed by atoms with Gasteiger partial charge in [-0.15, -0.1) is 0 Å². The minimum Gasteiger partial charge on any atom is -0.379 e. The van der Waals surface area contributed by atoms with Gasteiger partial charge in [-0.2, -0.15) is 0 Å². The molecule has 0 radical (unpaired) electrons. The lowest BCUT2D eigenvalue weighted by Gasteiger charge is -2.18. The van der Waals surface area contributed by atoms with Crippen LogP contribution in [-0.4, -0.2) is 44.7 Å². The number of hydrogen-bond donors (Lipinski definition) is 2. The molecule has 1 aliphatic rings. The number of rotatable bonds is 2. The highest BCUT2D eigenvalue weighted by Gasteiger charge is 2.17.